The molecule has 0 aliphatic carbocycles. The van der Waals surface area contributed by atoms with E-state index >= 15 is 0 Å². The van der Waals surface area contributed by atoms with Gasteiger partial charge in [-0.1, -0.05) is 54.2 Å². The van der Waals surface area contributed by atoms with Crippen LogP contribution in [0.4, 0.5) is 0 Å². The third kappa shape index (κ3) is 6.57. The summed E-state index contributed by atoms with van der Waals surface area (Å²) in [6.07, 6.45) is 0. The van der Waals surface area contributed by atoms with E-state index in [1.165, 1.54) is 26.7 Å². The Morgan fingerprint density at radius 3 is 1.41 bits per heavy atom. The Morgan fingerprint density at radius 2 is 1.00 bits per heavy atom. The van der Waals surface area contributed by atoms with Crippen LogP contribution in [0.2, 0.25) is 6.55 Å². The molecule has 0 aliphatic rings. The van der Waals surface area contributed by atoms with E-state index in [-0.39, 0.29) is 25.8 Å². The first-order valence-corrected chi connectivity index (χ1v) is 10.3. The van der Waals surface area contributed by atoms with Gasteiger partial charge in [0, 0.05) is 25.8 Å². The molecule has 2 heteroatoms. The van der Waals surface area contributed by atoms with Crippen LogP contribution in [-0.4, -0.2) is 9.52 Å². The quantitative estimate of drug-likeness (QED) is 0.180. The van der Waals surface area contributed by atoms with Crippen molar-refractivity contribution >= 4 is 36.3 Å². The zero-order valence-electron chi connectivity index (χ0n) is 15.5. The molecule has 0 amide bonds. The van der Waals surface area contributed by atoms with Crippen LogP contribution in [0.15, 0.2) is 115 Å². The zero-order chi connectivity index (χ0) is 18.0. The molecule has 0 saturated heterocycles. The second-order valence-electron chi connectivity index (χ2n) is 5.93. The summed E-state index contributed by atoms with van der Waals surface area (Å²) < 4.78 is 0. The molecular weight excluding hydrogens is 507 g/mol. The fourth-order valence-corrected chi connectivity index (χ4v) is 3.27. The summed E-state index contributed by atoms with van der Waals surface area (Å²) in [5.41, 5.74) is 0. The molecule has 132 valence electrons. The van der Waals surface area contributed by atoms with Crippen LogP contribution in [0.25, 0.3) is 21.5 Å². The fourth-order valence-electron chi connectivity index (χ4n) is 2.74. The average molecular weight is 529 g/mol. The van der Waals surface area contributed by atoms with E-state index in [2.05, 4.69) is 116 Å². The molecule has 0 heterocycles. The van der Waals surface area contributed by atoms with E-state index in [4.69, 9.17) is 0 Å². The van der Waals surface area contributed by atoms with Gasteiger partial charge in [-0.05, 0) is 0 Å². The Balaban J connectivity index is 0.000000143. The van der Waals surface area contributed by atoms with Crippen molar-refractivity contribution in [3.05, 3.63) is 115 Å². The van der Waals surface area contributed by atoms with Gasteiger partial charge in [0.1, 0.15) is 0 Å². The van der Waals surface area contributed by atoms with Gasteiger partial charge in [0.25, 0.3) is 0 Å². The van der Waals surface area contributed by atoms with E-state index in [1.54, 1.807) is 0 Å². The Hall–Kier alpha value is -2.03. The maximum atomic E-state index is 2.19. The summed E-state index contributed by atoms with van der Waals surface area (Å²) in [6, 6.07) is 39.8. The average Bonchev–Trinajstić information content (AvgIpc) is 3.38. The third-order valence-electron chi connectivity index (χ3n) is 4.16. The third-order valence-corrected chi connectivity index (χ3v) is 5.07. The van der Waals surface area contributed by atoms with Crippen molar-refractivity contribution < 1.29 is 25.8 Å². The van der Waals surface area contributed by atoms with E-state index < -0.39 is 0 Å². The van der Waals surface area contributed by atoms with Crippen LogP contribution >= 0.6 is 0 Å². The predicted octanol–water partition coefficient (Wildman–Crippen LogP) is 6.18. The SMILES string of the molecule is C[Si]c1ccccc1.[Hf].c1ccc2[cH-]ccc2c1.c1ccc2[cH-]ccc2c1. The Bertz CT molecular complexity index is 901. The minimum atomic E-state index is 0. The van der Waals surface area contributed by atoms with Crippen molar-refractivity contribution in [3.63, 3.8) is 0 Å². The molecule has 2 radical (unpaired) electrons. The molecule has 0 saturated carbocycles. The maximum Gasteiger partial charge on any atom is 0.0773 e. The van der Waals surface area contributed by atoms with Crippen molar-refractivity contribution in [3.8, 4) is 0 Å². The first-order chi connectivity index (χ1) is 12.9. The molecule has 5 aromatic rings. The summed E-state index contributed by atoms with van der Waals surface area (Å²) in [6.45, 7) is 2.19. The van der Waals surface area contributed by atoms with Gasteiger partial charge in [0.05, 0.1) is 9.52 Å². The van der Waals surface area contributed by atoms with E-state index in [0.29, 0.717) is 0 Å². The van der Waals surface area contributed by atoms with Gasteiger partial charge in [-0.2, -0.15) is 35.0 Å². The van der Waals surface area contributed by atoms with E-state index in [0.717, 1.165) is 9.52 Å². The molecule has 5 aromatic carbocycles. The molecule has 0 unspecified atom stereocenters. The van der Waals surface area contributed by atoms with Gasteiger partial charge in [-0.3, -0.25) is 0 Å². The van der Waals surface area contributed by atoms with Crippen molar-refractivity contribution in [1.82, 2.24) is 0 Å². The summed E-state index contributed by atoms with van der Waals surface area (Å²) in [4.78, 5) is 0. The smallest absolute Gasteiger partial charge is 0.0773 e. The number of benzene rings is 3. The van der Waals surface area contributed by atoms with Gasteiger partial charge in [0.2, 0.25) is 0 Å². The summed E-state index contributed by atoms with van der Waals surface area (Å²) in [5.74, 6) is 0. The van der Waals surface area contributed by atoms with E-state index in [1.807, 2.05) is 6.07 Å². The van der Waals surface area contributed by atoms with Gasteiger partial charge < -0.3 is 0 Å². The van der Waals surface area contributed by atoms with Crippen LogP contribution in [0.3, 0.4) is 0 Å². The molecular formula is C25H22HfSi-2. The largest absolute Gasteiger partial charge is 0.168 e. The van der Waals surface area contributed by atoms with Crippen molar-refractivity contribution in [2.45, 2.75) is 6.55 Å². The summed E-state index contributed by atoms with van der Waals surface area (Å²) >= 11 is 0. The molecule has 0 atom stereocenters. The molecule has 0 bridgehead atoms. The summed E-state index contributed by atoms with van der Waals surface area (Å²) in [5, 5.41) is 6.76. The molecule has 0 fully saturated rings. The first-order valence-electron chi connectivity index (χ1n) is 8.80. The van der Waals surface area contributed by atoms with Crippen molar-refractivity contribution in [1.29, 1.82) is 0 Å². The second kappa shape index (κ2) is 11.6. The van der Waals surface area contributed by atoms with Crippen molar-refractivity contribution in [2.75, 3.05) is 0 Å². The van der Waals surface area contributed by atoms with Crippen LogP contribution in [0.5, 0.6) is 0 Å². The number of hydrogen-bond acceptors (Lipinski definition) is 0. The molecule has 27 heavy (non-hydrogen) atoms. The van der Waals surface area contributed by atoms with Crippen LogP contribution in [0, 0.1) is 0 Å². The Morgan fingerprint density at radius 1 is 0.556 bits per heavy atom. The zero-order valence-corrected chi connectivity index (χ0v) is 20.1. The Kier molecular flexibility index (Phi) is 9.16. The Labute approximate surface area is 183 Å². The number of rotatable bonds is 1. The molecule has 0 N–H and O–H groups in total. The summed E-state index contributed by atoms with van der Waals surface area (Å²) in [7, 11) is 0.930. The molecule has 0 aromatic heterocycles. The predicted molar refractivity (Wildman–Crippen MR) is 117 cm³/mol. The monoisotopic (exact) mass is 530 g/mol. The fraction of sp³-hybridized carbons (Fsp3) is 0.0400. The molecule has 0 nitrogen and oxygen atoms in total. The number of hydrogen-bond donors (Lipinski definition) is 0. The van der Waals surface area contributed by atoms with Gasteiger partial charge in [-0.25, -0.2) is 0 Å². The minimum Gasteiger partial charge on any atom is -0.168 e. The van der Waals surface area contributed by atoms with Gasteiger partial charge >= 0.3 is 0 Å². The van der Waals surface area contributed by atoms with E-state index in [9.17, 15) is 0 Å². The van der Waals surface area contributed by atoms with Crippen molar-refractivity contribution in [2.24, 2.45) is 0 Å². The normalized spacial score (nSPS) is 9.52. The first kappa shape index (κ1) is 21.3. The number of fused-ring (bicyclic) bond motifs is 2. The molecule has 0 spiro atoms. The van der Waals surface area contributed by atoms with Gasteiger partial charge in [0.15, 0.2) is 0 Å². The van der Waals surface area contributed by atoms with Crippen LogP contribution in [-0.2, 0) is 25.8 Å². The topological polar surface area (TPSA) is 0 Å². The van der Waals surface area contributed by atoms with Crippen LogP contribution in [0.1, 0.15) is 0 Å². The minimum absolute atomic E-state index is 0. The maximum absolute atomic E-state index is 2.19. The molecule has 0 aliphatic heterocycles. The van der Waals surface area contributed by atoms with Gasteiger partial charge in [-0.15, -0.1) is 59.3 Å². The molecule has 5 rings (SSSR count). The van der Waals surface area contributed by atoms with Crippen LogP contribution < -0.4 is 5.19 Å². The second-order valence-corrected chi connectivity index (χ2v) is 7.00. The standard InChI is InChI=1S/2C9H7.C7H8Si.Hf/c2*1-2-5-9-7-3-6-8(9)4-1;1-8-7-5-3-2-4-6-7;/h2*1-7H;2-6H,1H3;/q2*-1;;.